The molecule has 0 fully saturated rings. The summed E-state index contributed by atoms with van der Waals surface area (Å²) in [4.78, 5) is 0. The van der Waals surface area contributed by atoms with Crippen molar-refractivity contribution in [2.24, 2.45) is 0 Å². The second-order valence-electron chi connectivity index (χ2n) is 4.61. The maximum atomic E-state index is 3.46. The monoisotopic (exact) mass is 175 g/mol. The maximum Gasteiger partial charge on any atom is 0.0380 e. The molecule has 0 aromatic heterocycles. The first-order valence-electron chi connectivity index (χ1n) is 4.95. The van der Waals surface area contributed by atoms with E-state index < -0.39 is 0 Å². The third-order valence-corrected chi connectivity index (χ3v) is 2.97. The molecule has 0 unspecified atom stereocenters. The molecule has 0 spiro atoms. The second kappa shape index (κ2) is 2.76. The molecule has 0 radical (unpaired) electrons. The highest BCUT2D eigenvalue weighted by Crippen LogP contribution is 2.36. The van der Waals surface area contributed by atoms with Crippen LogP contribution in [0.3, 0.4) is 0 Å². The molecule has 1 heterocycles. The highest BCUT2D eigenvalue weighted by Gasteiger charge is 2.26. The summed E-state index contributed by atoms with van der Waals surface area (Å²) in [7, 11) is 0. The van der Waals surface area contributed by atoms with Crippen molar-refractivity contribution < 1.29 is 0 Å². The van der Waals surface area contributed by atoms with Crippen LogP contribution in [0.2, 0.25) is 0 Å². The zero-order chi connectivity index (χ0) is 9.47. The lowest BCUT2D eigenvalue weighted by molar-refractivity contribution is 0.482. The number of rotatable bonds is 0. The topological polar surface area (TPSA) is 12.0 Å². The fourth-order valence-corrected chi connectivity index (χ4v) is 2.04. The summed E-state index contributed by atoms with van der Waals surface area (Å²) in [6, 6.07) is 6.71. The molecule has 0 aliphatic carbocycles. The first-order chi connectivity index (χ1) is 6.09. The first-order valence-corrected chi connectivity index (χ1v) is 4.95. The zero-order valence-electron chi connectivity index (χ0n) is 8.65. The summed E-state index contributed by atoms with van der Waals surface area (Å²) in [6.45, 7) is 7.89. The van der Waals surface area contributed by atoms with Gasteiger partial charge in [0.05, 0.1) is 0 Å². The Labute approximate surface area is 80.2 Å². The largest absolute Gasteiger partial charge is 0.385 e. The molecule has 1 N–H and O–H groups in total. The van der Waals surface area contributed by atoms with E-state index in [1.165, 1.54) is 23.2 Å². The number of hydrogen-bond acceptors (Lipinski definition) is 1. The van der Waals surface area contributed by atoms with E-state index in [1.54, 1.807) is 0 Å². The van der Waals surface area contributed by atoms with Gasteiger partial charge in [-0.15, -0.1) is 0 Å². The predicted octanol–water partition coefficient (Wildman–Crippen LogP) is 3.09. The third kappa shape index (κ3) is 1.43. The van der Waals surface area contributed by atoms with Gasteiger partial charge >= 0.3 is 0 Å². The van der Waals surface area contributed by atoms with Gasteiger partial charge in [-0.1, -0.05) is 26.0 Å². The quantitative estimate of drug-likeness (QED) is 0.639. The minimum absolute atomic E-state index is 0.342. The highest BCUT2D eigenvalue weighted by molar-refractivity contribution is 5.57. The number of hydrogen-bond donors (Lipinski definition) is 1. The van der Waals surface area contributed by atoms with Crippen LogP contribution in [0.15, 0.2) is 18.2 Å². The van der Waals surface area contributed by atoms with Crippen LogP contribution in [0.5, 0.6) is 0 Å². The maximum absolute atomic E-state index is 3.46. The molecule has 1 aromatic carbocycles. The van der Waals surface area contributed by atoms with Crippen molar-refractivity contribution in [2.45, 2.75) is 32.6 Å². The average Bonchev–Trinajstić information content (AvgIpc) is 2.02. The lowest BCUT2D eigenvalue weighted by atomic mass is 9.78. The van der Waals surface area contributed by atoms with Gasteiger partial charge in [-0.25, -0.2) is 0 Å². The summed E-state index contributed by atoms with van der Waals surface area (Å²) in [6.07, 6.45) is 1.23. The Bertz CT molecular complexity index is 326. The van der Waals surface area contributed by atoms with Gasteiger partial charge in [0.25, 0.3) is 0 Å². The molecular formula is C12H17N. The van der Waals surface area contributed by atoms with E-state index in [-0.39, 0.29) is 0 Å². The van der Waals surface area contributed by atoms with Crippen molar-refractivity contribution in [2.75, 3.05) is 11.9 Å². The Kier molecular flexibility index (Phi) is 1.83. The molecule has 2 rings (SSSR count). The van der Waals surface area contributed by atoms with Crippen molar-refractivity contribution >= 4 is 5.69 Å². The number of fused-ring (bicyclic) bond motifs is 1. The number of anilines is 1. The Morgan fingerprint density at radius 1 is 1.31 bits per heavy atom. The van der Waals surface area contributed by atoms with Crippen LogP contribution in [0.25, 0.3) is 0 Å². The first kappa shape index (κ1) is 8.61. The van der Waals surface area contributed by atoms with Gasteiger partial charge in [-0.2, -0.15) is 0 Å². The summed E-state index contributed by atoms with van der Waals surface area (Å²) in [5.41, 5.74) is 4.47. The van der Waals surface area contributed by atoms with Gasteiger partial charge in [0.2, 0.25) is 0 Å². The minimum Gasteiger partial charge on any atom is -0.385 e. The Balaban J connectivity index is 2.53. The number of aryl methyl sites for hydroxylation is 1. The molecule has 70 valence electrons. The zero-order valence-corrected chi connectivity index (χ0v) is 8.65. The standard InChI is InChI=1S/C12H17N/c1-9-4-5-10-11(8-9)13-7-6-12(10,2)3/h4-5,8,13H,6-7H2,1-3H3. The summed E-state index contributed by atoms with van der Waals surface area (Å²) in [5, 5.41) is 3.46. The predicted molar refractivity (Wildman–Crippen MR) is 57.3 cm³/mol. The van der Waals surface area contributed by atoms with Crippen LogP contribution >= 0.6 is 0 Å². The molecule has 1 aliphatic rings. The molecule has 13 heavy (non-hydrogen) atoms. The Hall–Kier alpha value is -0.980. The molecule has 0 saturated carbocycles. The minimum atomic E-state index is 0.342. The Morgan fingerprint density at radius 2 is 2.08 bits per heavy atom. The van der Waals surface area contributed by atoms with E-state index in [4.69, 9.17) is 0 Å². The Morgan fingerprint density at radius 3 is 2.85 bits per heavy atom. The van der Waals surface area contributed by atoms with E-state index >= 15 is 0 Å². The smallest absolute Gasteiger partial charge is 0.0380 e. The molecule has 1 aliphatic heterocycles. The third-order valence-electron chi connectivity index (χ3n) is 2.97. The van der Waals surface area contributed by atoms with Crippen LogP contribution in [0, 0.1) is 6.92 Å². The van der Waals surface area contributed by atoms with Gasteiger partial charge in [0, 0.05) is 12.2 Å². The van der Waals surface area contributed by atoms with E-state index in [2.05, 4.69) is 44.3 Å². The van der Waals surface area contributed by atoms with Crippen molar-refractivity contribution in [3.8, 4) is 0 Å². The van der Waals surface area contributed by atoms with Crippen LogP contribution in [0.1, 0.15) is 31.4 Å². The fourth-order valence-electron chi connectivity index (χ4n) is 2.04. The van der Waals surface area contributed by atoms with Gasteiger partial charge in [-0.05, 0) is 36.0 Å². The lowest BCUT2D eigenvalue weighted by Gasteiger charge is -2.33. The van der Waals surface area contributed by atoms with E-state index in [1.807, 2.05) is 0 Å². The van der Waals surface area contributed by atoms with Gasteiger partial charge in [0.1, 0.15) is 0 Å². The van der Waals surface area contributed by atoms with Crippen molar-refractivity contribution in [3.63, 3.8) is 0 Å². The molecular weight excluding hydrogens is 158 g/mol. The second-order valence-corrected chi connectivity index (χ2v) is 4.61. The van der Waals surface area contributed by atoms with Gasteiger partial charge in [-0.3, -0.25) is 0 Å². The van der Waals surface area contributed by atoms with Gasteiger partial charge in [0.15, 0.2) is 0 Å². The fraction of sp³-hybridized carbons (Fsp3) is 0.500. The van der Waals surface area contributed by atoms with Gasteiger partial charge < -0.3 is 5.32 Å². The average molecular weight is 175 g/mol. The number of benzene rings is 1. The van der Waals surface area contributed by atoms with E-state index in [9.17, 15) is 0 Å². The lowest BCUT2D eigenvalue weighted by Crippen LogP contribution is -2.28. The van der Waals surface area contributed by atoms with Crippen LogP contribution in [-0.4, -0.2) is 6.54 Å². The molecule has 0 atom stereocenters. The molecule has 0 bridgehead atoms. The SMILES string of the molecule is Cc1ccc2c(c1)NCCC2(C)C. The number of nitrogens with one attached hydrogen (secondary N) is 1. The van der Waals surface area contributed by atoms with Crippen LogP contribution in [-0.2, 0) is 5.41 Å². The molecule has 1 nitrogen and oxygen atoms in total. The highest BCUT2D eigenvalue weighted by atomic mass is 14.9. The molecule has 0 saturated heterocycles. The van der Waals surface area contributed by atoms with E-state index in [0.29, 0.717) is 5.41 Å². The molecule has 1 aromatic rings. The summed E-state index contributed by atoms with van der Waals surface area (Å²) >= 11 is 0. The molecule has 1 heteroatoms. The summed E-state index contributed by atoms with van der Waals surface area (Å²) in [5.74, 6) is 0. The summed E-state index contributed by atoms with van der Waals surface area (Å²) < 4.78 is 0. The van der Waals surface area contributed by atoms with Crippen molar-refractivity contribution in [1.82, 2.24) is 0 Å². The van der Waals surface area contributed by atoms with E-state index in [0.717, 1.165) is 6.54 Å². The van der Waals surface area contributed by atoms with Crippen molar-refractivity contribution in [3.05, 3.63) is 29.3 Å². The van der Waals surface area contributed by atoms with Crippen molar-refractivity contribution in [1.29, 1.82) is 0 Å². The normalized spacial score (nSPS) is 19.0. The van der Waals surface area contributed by atoms with Crippen LogP contribution < -0.4 is 5.32 Å². The van der Waals surface area contributed by atoms with Crippen LogP contribution in [0.4, 0.5) is 5.69 Å². The molecule has 0 amide bonds.